The molecule has 3 aromatic carbocycles. The summed E-state index contributed by atoms with van der Waals surface area (Å²) in [6, 6.07) is 19.7. The number of urea groups is 1. The third-order valence-electron chi connectivity index (χ3n) is 5.83. The summed E-state index contributed by atoms with van der Waals surface area (Å²) in [4.78, 5) is 32.3. The normalized spacial score (nSPS) is 14.4. The minimum absolute atomic E-state index is 0.0310. The number of nitrogens with zero attached hydrogens (tertiary/aromatic N) is 2. The molecular weight excluding hydrogens is 477 g/mol. The van der Waals surface area contributed by atoms with Gasteiger partial charge in [-0.05, 0) is 49.4 Å². The van der Waals surface area contributed by atoms with Crippen molar-refractivity contribution in [2.24, 2.45) is 5.16 Å². The first-order valence-electron chi connectivity index (χ1n) is 11.9. The molecule has 9 heteroatoms. The van der Waals surface area contributed by atoms with Gasteiger partial charge in [0.2, 0.25) is 0 Å². The highest BCUT2D eigenvalue weighted by Gasteiger charge is 2.28. The SMILES string of the molecule is CCOC(=O)c1ccc(NC(=O)N(Cc2ccccc2F)CC2CC(c3ccccc3OC)=NO2)cc1. The summed E-state index contributed by atoms with van der Waals surface area (Å²) in [5.74, 6) is -0.166. The molecule has 0 aromatic heterocycles. The molecule has 192 valence electrons. The van der Waals surface area contributed by atoms with E-state index >= 15 is 0 Å². The van der Waals surface area contributed by atoms with Crippen LogP contribution in [0.4, 0.5) is 14.9 Å². The summed E-state index contributed by atoms with van der Waals surface area (Å²) in [5.41, 5.74) is 2.76. The number of anilines is 1. The van der Waals surface area contributed by atoms with Gasteiger partial charge in [-0.1, -0.05) is 35.5 Å². The standard InChI is InChI=1S/C28H28FN3O5/c1-3-36-27(33)19-12-14-21(15-13-19)30-28(34)32(17-20-8-4-6-10-24(20)29)18-22-16-25(31-37-22)23-9-5-7-11-26(23)35-2/h4-15,22H,3,16-18H2,1-2H3,(H,30,34). The van der Waals surface area contributed by atoms with Crippen LogP contribution in [0.5, 0.6) is 5.75 Å². The van der Waals surface area contributed by atoms with Crippen LogP contribution in [0, 0.1) is 5.82 Å². The number of amides is 2. The van der Waals surface area contributed by atoms with Crippen molar-refractivity contribution < 1.29 is 28.3 Å². The summed E-state index contributed by atoms with van der Waals surface area (Å²) >= 11 is 0. The van der Waals surface area contributed by atoms with E-state index in [0.29, 0.717) is 34.7 Å². The second-order valence-corrected chi connectivity index (χ2v) is 8.37. The van der Waals surface area contributed by atoms with Crippen LogP contribution in [0.25, 0.3) is 0 Å². The van der Waals surface area contributed by atoms with Gasteiger partial charge in [-0.15, -0.1) is 0 Å². The lowest BCUT2D eigenvalue weighted by atomic mass is 10.0. The Morgan fingerprint density at radius 1 is 1.08 bits per heavy atom. The zero-order valence-electron chi connectivity index (χ0n) is 20.6. The maximum Gasteiger partial charge on any atom is 0.338 e. The molecule has 1 unspecified atom stereocenters. The molecule has 0 aliphatic carbocycles. The molecule has 0 saturated carbocycles. The van der Waals surface area contributed by atoms with Gasteiger partial charge >= 0.3 is 12.0 Å². The lowest BCUT2D eigenvalue weighted by molar-refractivity contribution is 0.0526. The number of oxime groups is 1. The van der Waals surface area contributed by atoms with Crippen molar-refractivity contribution in [2.75, 3.05) is 25.6 Å². The van der Waals surface area contributed by atoms with Crippen LogP contribution in [0.1, 0.15) is 34.8 Å². The van der Waals surface area contributed by atoms with Crippen molar-refractivity contribution in [3.63, 3.8) is 0 Å². The lowest BCUT2D eigenvalue weighted by Crippen LogP contribution is -2.40. The summed E-state index contributed by atoms with van der Waals surface area (Å²) in [5, 5.41) is 7.03. The molecule has 1 atom stereocenters. The molecule has 2 amide bonds. The maximum absolute atomic E-state index is 14.4. The second kappa shape index (κ2) is 12.0. The van der Waals surface area contributed by atoms with Gasteiger partial charge in [0.05, 0.1) is 38.1 Å². The fourth-order valence-electron chi connectivity index (χ4n) is 3.97. The van der Waals surface area contributed by atoms with Crippen LogP contribution in [0.2, 0.25) is 0 Å². The van der Waals surface area contributed by atoms with E-state index in [2.05, 4.69) is 10.5 Å². The fraction of sp³-hybridized carbons (Fsp3) is 0.250. The molecular formula is C28H28FN3O5. The first-order valence-corrected chi connectivity index (χ1v) is 11.9. The molecule has 8 nitrogen and oxygen atoms in total. The van der Waals surface area contributed by atoms with Gasteiger partial charge in [0.1, 0.15) is 11.6 Å². The zero-order valence-corrected chi connectivity index (χ0v) is 20.6. The van der Waals surface area contributed by atoms with E-state index in [1.54, 1.807) is 56.5 Å². The molecule has 1 heterocycles. The van der Waals surface area contributed by atoms with E-state index in [9.17, 15) is 14.0 Å². The summed E-state index contributed by atoms with van der Waals surface area (Å²) in [6.45, 7) is 2.20. The predicted octanol–water partition coefficient (Wildman–Crippen LogP) is 5.24. The van der Waals surface area contributed by atoms with Gasteiger partial charge in [-0.25, -0.2) is 14.0 Å². The van der Waals surface area contributed by atoms with Crippen LogP contribution < -0.4 is 10.1 Å². The summed E-state index contributed by atoms with van der Waals surface area (Å²) < 4.78 is 24.9. The Balaban J connectivity index is 1.47. The molecule has 4 rings (SSSR count). The number of ether oxygens (including phenoxy) is 2. The largest absolute Gasteiger partial charge is 0.496 e. The molecule has 0 fully saturated rings. The summed E-state index contributed by atoms with van der Waals surface area (Å²) in [6.07, 6.45) is 0.0268. The van der Waals surface area contributed by atoms with Crippen LogP contribution in [-0.2, 0) is 16.1 Å². The Morgan fingerprint density at radius 3 is 2.54 bits per heavy atom. The van der Waals surface area contributed by atoms with Crippen molar-refractivity contribution >= 4 is 23.4 Å². The third kappa shape index (κ3) is 6.43. The van der Waals surface area contributed by atoms with Gasteiger partial charge in [-0.2, -0.15) is 0 Å². The molecule has 1 N–H and O–H groups in total. The first kappa shape index (κ1) is 25.7. The van der Waals surface area contributed by atoms with Crippen LogP contribution in [0.3, 0.4) is 0 Å². The molecule has 37 heavy (non-hydrogen) atoms. The Hall–Kier alpha value is -4.40. The van der Waals surface area contributed by atoms with Gasteiger partial charge in [0, 0.05) is 23.2 Å². The number of halogens is 1. The van der Waals surface area contributed by atoms with E-state index in [1.165, 1.54) is 11.0 Å². The third-order valence-corrected chi connectivity index (χ3v) is 5.83. The predicted molar refractivity (Wildman–Crippen MR) is 137 cm³/mol. The minimum atomic E-state index is -0.443. The second-order valence-electron chi connectivity index (χ2n) is 8.37. The quantitative estimate of drug-likeness (QED) is 0.402. The highest BCUT2D eigenvalue weighted by molar-refractivity contribution is 6.03. The topological polar surface area (TPSA) is 89.5 Å². The van der Waals surface area contributed by atoms with Gasteiger partial charge in [-0.3, -0.25) is 0 Å². The average molecular weight is 506 g/mol. The van der Waals surface area contributed by atoms with E-state index < -0.39 is 23.9 Å². The van der Waals surface area contributed by atoms with Crippen molar-refractivity contribution in [3.8, 4) is 5.75 Å². The first-order chi connectivity index (χ1) is 18.0. The van der Waals surface area contributed by atoms with Crippen LogP contribution in [-0.4, -0.2) is 49.0 Å². The number of benzene rings is 3. The zero-order chi connectivity index (χ0) is 26.2. The van der Waals surface area contributed by atoms with Crippen LogP contribution >= 0.6 is 0 Å². The molecule has 1 aliphatic rings. The minimum Gasteiger partial charge on any atom is -0.496 e. The molecule has 1 aliphatic heterocycles. The number of carbonyl (C=O) groups excluding carboxylic acids is 2. The number of methoxy groups -OCH3 is 1. The number of esters is 1. The van der Waals surface area contributed by atoms with Gasteiger partial charge < -0.3 is 24.5 Å². The molecule has 0 radical (unpaired) electrons. The number of carbonyl (C=O) groups is 2. The molecule has 0 spiro atoms. The van der Waals surface area contributed by atoms with Gasteiger partial charge in [0.15, 0.2) is 6.10 Å². The number of hydrogen-bond donors (Lipinski definition) is 1. The van der Waals surface area contributed by atoms with Crippen molar-refractivity contribution in [3.05, 3.63) is 95.3 Å². The highest BCUT2D eigenvalue weighted by Crippen LogP contribution is 2.25. The van der Waals surface area contributed by atoms with E-state index in [1.807, 2.05) is 24.3 Å². The van der Waals surface area contributed by atoms with Crippen molar-refractivity contribution in [1.82, 2.24) is 4.90 Å². The van der Waals surface area contributed by atoms with E-state index in [0.717, 1.165) is 5.56 Å². The van der Waals surface area contributed by atoms with Gasteiger partial charge in [0.25, 0.3) is 0 Å². The molecule has 0 saturated heterocycles. The Bertz CT molecular complexity index is 1280. The maximum atomic E-state index is 14.4. The number of rotatable bonds is 9. The van der Waals surface area contributed by atoms with Crippen molar-refractivity contribution in [1.29, 1.82) is 0 Å². The van der Waals surface area contributed by atoms with Crippen molar-refractivity contribution in [2.45, 2.75) is 26.0 Å². The highest BCUT2D eigenvalue weighted by atomic mass is 19.1. The Labute approximate surface area is 214 Å². The smallest absolute Gasteiger partial charge is 0.338 e. The number of nitrogens with one attached hydrogen (secondary N) is 1. The lowest BCUT2D eigenvalue weighted by Gasteiger charge is -2.25. The monoisotopic (exact) mass is 505 g/mol. The van der Waals surface area contributed by atoms with Crippen LogP contribution in [0.15, 0.2) is 78.0 Å². The average Bonchev–Trinajstić information content (AvgIpc) is 3.38. The summed E-state index contributed by atoms with van der Waals surface area (Å²) in [7, 11) is 1.59. The Morgan fingerprint density at radius 2 is 1.81 bits per heavy atom. The van der Waals surface area contributed by atoms with E-state index in [4.69, 9.17) is 14.3 Å². The number of para-hydroxylation sites is 1. The Kier molecular flexibility index (Phi) is 8.35. The molecule has 0 bridgehead atoms. The number of hydrogen-bond acceptors (Lipinski definition) is 6. The van der Waals surface area contributed by atoms with E-state index in [-0.39, 0.29) is 19.7 Å². The molecule has 3 aromatic rings. The fourth-order valence-corrected chi connectivity index (χ4v) is 3.97.